The summed E-state index contributed by atoms with van der Waals surface area (Å²) < 4.78 is 24.5. The number of halogens is 1. The smallest absolute Gasteiger partial charge is 0.162 e. The van der Waals surface area contributed by atoms with Crippen LogP contribution in [0, 0.1) is 5.82 Å². The summed E-state index contributed by atoms with van der Waals surface area (Å²) in [4.78, 5) is 1.80. The summed E-state index contributed by atoms with van der Waals surface area (Å²) in [6.07, 6.45) is 0. The lowest BCUT2D eigenvalue weighted by Gasteiger charge is -2.18. The number of nitrogens with two attached hydrogens (primary N) is 1. The highest BCUT2D eigenvalue weighted by molar-refractivity contribution is 7.99. The van der Waals surface area contributed by atoms with E-state index >= 15 is 0 Å². The molecule has 3 rings (SSSR count). The maximum Gasteiger partial charge on any atom is 0.162 e. The van der Waals surface area contributed by atoms with Crippen molar-refractivity contribution in [3.05, 3.63) is 47.8 Å². The van der Waals surface area contributed by atoms with Gasteiger partial charge in [-0.1, -0.05) is 11.8 Å². The highest BCUT2D eigenvalue weighted by atomic mass is 32.2. The molecule has 1 aliphatic rings. The summed E-state index contributed by atoms with van der Waals surface area (Å²) in [6.45, 7) is 1.45. The molecule has 2 N–H and O–H groups in total. The third-order valence-corrected chi connectivity index (χ3v) is 3.88. The highest BCUT2D eigenvalue weighted by Gasteiger charge is 2.12. The Balaban J connectivity index is 1.85. The molecule has 0 spiro atoms. The fourth-order valence-electron chi connectivity index (χ4n) is 2.02. The zero-order valence-electron chi connectivity index (χ0n) is 10.8. The van der Waals surface area contributed by atoms with Gasteiger partial charge >= 0.3 is 0 Å². The van der Waals surface area contributed by atoms with Crippen molar-refractivity contribution < 1.29 is 13.9 Å². The van der Waals surface area contributed by atoms with Crippen molar-refractivity contribution in [1.29, 1.82) is 0 Å². The van der Waals surface area contributed by atoms with Gasteiger partial charge in [-0.2, -0.15) is 0 Å². The molecule has 0 saturated heterocycles. The van der Waals surface area contributed by atoms with Crippen molar-refractivity contribution in [2.75, 3.05) is 13.2 Å². The first kappa shape index (κ1) is 13.3. The van der Waals surface area contributed by atoms with Crippen molar-refractivity contribution in [2.24, 2.45) is 5.73 Å². The lowest BCUT2D eigenvalue weighted by atomic mass is 10.2. The molecule has 2 aromatic carbocycles. The first-order valence-corrected chi connectivity index (χ1v) is 7.13. The summed E-state index contributed by atoms with van der Waals surface area (Å²) in [7, 11) is 0. The Labute approximate surface area is 120 Å². The predicted octanol–water partition coefficient (Wildman–Crippen LogP) is 3.21. The van der Waals surface area contributed by atoms with Crippen LogP contribution in [0.4, 0.5) is 4.39 Å². The maximum atomic E-state index is 13.5. The van der Waals surface area contributed by atoms with E-state index in [0.717, 1.165) is 26.9 Å². The lowest BCUT2D eigenvalue weighted by molar-refractivity contribution is 0.171. The number of fused-ring (bicyclic) bond motifs is 1. The molecule has 0 fully saturated rings. The van der Waals surface area contributed by atoms with E-state index in [4.69, 9.17) is 15.2 Å². The number of hydrogen-bond acceptors (Lipinski definition) is 4. The van der Waals surface area contributed by atoms with Gasteiger partial charge in [0.15, 0.2) is 11.5 Å². The Morgan fingerprint density at radius 1 is 1.00 bits per heavy atom. The fourth-order valence-corrected chi connectivity index (χ4v) is 2.98. The number of benzene rings is 2. The van der Waals surface area contributed by atoms with Crippen LogP contribution in [0.25, 0.3) is 0 Å². The molecule has 0 bridgehead atoms. The minimum absolute atomic E-state index is 0.270. The molecule has 1 aliphatic heterocycles. The first-order valence-electron chi connectivity index (χ1n) is 6.31. The van der Waals surface area contributed by atoms with Crippen LogP contribution in [0.2, 0.25) is 0 Å². The number of hydrogen-bond donors (Lipinski definition) is 1. The van der Waals surface area contributed by atoms with Gasteiger partial charge in [0.05, 0.1) is 0 Å². The molecule has 1 heterocycles. The molecule has 0 atom stereocenters. The van der Waals surface area contributed by atoms with Gasteiger partial charge in [0.25, 0.3) is 0 Å². The summed E-state index contributed by atoms with van der Waals surface area (Å²) in [5.74, 6) is 1.21. The Hall–Kier alpha value is -1.72. The van der Waals surface area contributed by atoms with Crippen LogP contribution in [-0.4, -0.2) is 13.2 Å². The van der Waals surface area contributed by atoms with Gasteiger partial charge in [0.1, 0.15) is 19.0 Å². The molecule has 2 aromatic rings. The lowest BCUT2D eigenvalue weighted by Crippen LogP contribution is -2.15. The van der Waals surface area contributed by atoms with E-state index in [9.17, 15) is 4.39 Å². The average molecular weight is 291 g/mol. The van der Waals surface area contributed by atoms with E-state index in [1.165, 1.54) is 23.9 Å². The van der Waals surface area contributed by atoms with Gasteiger partial charge in [-0.05, 0) is 42.0 Å². The zero-order valence-corrected chi connectivity index (χ0v) is 11.6. The molecule has 0 saturated carbocycles. The summed E-state index contributed by atoms with van der Waals surface area (Å²) in [6, 6.07) is 10.6. The van der Waals surface area contributed by atoms with Crippen molar-refractivity contribution in [1.82, 2.24) is 0 Å². The molecular formula is C15H14FNO2S. The van der Waals surface area contributed by atoms with Crippen LogP contribution >= 0.6 is 11.8 Å². The van der Waals surface area contributed by atoms with E-state index < -0.39 is 0 Å². The molecule has 0 amide bonds. The Morgan fingerprint density at radius 2 is 1.80 bits per heavy atom. The van der Waals surface area contributed by atoms with Crippen LogP contribution < -0.4 is 15.2 Å². The van der Waals surface area contributed by atoms with E-state index in [1.807, 2.05) is 24.3 Å². The van der Waals surface area contributed by atoms with Crippen LogP contribution in [0.5, 0.6) is 11.5 Å². The molecule has 0 aliphatic carbocycles. The monoisotopic (exact) mass is 291 g/mol. The Kier molecular flexibility index (Phi) is 3.80. The molecule has 3 nitrogen and oxygen atoms in total. The van der Waals surface area contributed by atoms with Crippen molar-refractivity contribution in [3.63, 3.8) is 0 Å². The van der Waals surface area contributed by atoms with E-state index in [0.29, 0.717) is 19.8 Å². The van der Waals surface area contributed by atoms with Crippen molar-refractivity contribution in [3.8, 4) is 11.5 Å². The van der Waals surface area contributed by atoms with Gasteiger partial charge < -0.3 is 15.2 Å². The third kappa shape index (κ3) is 2.89. The van der Waals surface area contributed by atoms with Gasteiger partial charge in [0.2, 0.25) is 0 Å². The molecule has 104 valence electrons. The second-order valence-electron chi connectivity index (χ2n) is 4.41. The van der Waals surface area contributed by atoms with Crippen LogP contribution in [0.15, 0.2) is 46.2 Å². The summed E-state index contributed by atoms with van der Waals surface area (Å²) >= 11 is 1.47. The SMILES string of the molecule is NCc1cc(F)cc(Sc2ccc3c(c2)OCCO3)c1. The zero-order chi connectivity index (χ0) is 13.9. The van der Waals surface area contributed by atoms with E-state index in [1.54, 1.807) is 0 Å². The second-order valence-corrected chi connectivity index (χ2v) is 5.55. The quantitative estimate of drug-likeness (QED) is 0.943. The molecular weight excluding hydrogens is 277 g/mol. The highest BCUT2D eigenvalue weighted by Crippen LogP contribution is 2.37. The van der Waals surface area contributed by atoms with E-state index in [-0.39, 0.29) is 5.82 Å². The van der Waals surface area contributed by atoms with Gasteiger partial charge in [-0.3, -0.25) is 0 Å². The molecule has 0 aromatic heterocycles. The predicted molar refractivity (Wildman–Crippen MR) is 75.8 cm³/mol. The standard InChI is InChI=1S/C15H14FNO2S/c16-11-5-10(9-17)6-13(7-11)20-12-1-2-14-15(8-12)19-4-3-18-14/h1-2,5-8H,3-4,9,17H2. The summed E-state index contributed by atoms with van der Waals surface area (Å²) in [5.41, 5.74) is 6.34. The molecule has 5 heteroatoms. The minimum Gasteiger partial charge on any atom is -0.486 e. The number of rotatable bonds is 3. The van der Waals surface area contributed by atoms with E-state index in [2.05, 4.69) is 0 Å². The largest absolute Gasteiger partial charge is 0.486 e. The topological polar surface area (TPSA) is 44.5 Å². The van der Waals surface area contributed by atoms with Gasteiger partial charge in [-0.15, -0.1) is 0 Å². The molecule has 0 unspecified atom stereocenters. The Morgan fingerprint density at radius 3 is 2.60 bits per heavy atom. The second kappa shape index (κ2) is 5.73. The molecule has 0 radical (unpaired) electrons. The van der Waals surface area contributed by atoms with Crippen LogP contribution in [0.3, 0.4) is 0 Å². The van der Waals surface area contributed by atoms with Crippen LogP contribution in [-0.2, 0) is 6.54 Å². The Bertz CT molecular complexity index is 633. The van der Waals surface area contributed by atoms with Gasteiger partial charge in [0, 0.05) is 16.3 Å². The van der Waals surface area contributed by atoms with Crippen LogP contribution in [0.1, 0.15) is 5.56 Å². The van der Waals surface area contributed by atoms with Gasteiger partial charge in [-0.25, -0.2) is 4.39 Å². The third-order valence-electron chi connectivity index (χ3n) is 2.92. The first-order chi connectivity index (χ1) is 9.74. The minimum atomic E-state index is -0.270. The summed E-state index contributed by atoms with van der Waals surface area (Å²) in [5, 5.41) is 0. The maximum absolute atomic E-state index is 13.5. The fraction of sp³-hybridized carbons (Fsp3) is 0.200. The van der Waals surface area contributed by atoms with Crippen molar-refractivity contribution in [2.45, 2.75) is 16.3 Å². The molecule has 20 heavy (non-hydrogen) atoms. The average Bonchev–Trinajstić information content (AvgIpc) is 2.46. The van der Waals surface area contributed by atoms with Crippen molar-refractivity contribution >= 4 is 11.8 Å². The normalized spacial score (nSPS) is 13.3. The number of ether oxygens (including phenoxy) is 2.